The summed E-state index contributed by atoms with van der Waals surface area (Å²) >= 11 is 0. The fourth-order valence-electron chi connectivity index (χ4n) is 2.10. The second kappa shape index (κ2) is 7.36. The van der Waals surface area contributed by atoms with Crippen LogP contribution in [0.15, 0.2) is 42.5 Å². The van der Waals surface area contributed by atoms with Crippen LogP contribution in [0, 0.1) is 10.1 Å². The molecule has 1 amide bonds. The zero-order valence-corrected chi connectivity index (χ0v) is 13.2. The van der Waals surface area contributed by atoms with Crippen LogP contribution >= 0.6 is 0 Å². The highest BCUT2D eigenvalue weighted by atomic mass is 16.6. The van der Waals surface area contributed by atoms with Gasteiger partial charge in [-0.25, -0.2) is 0 Å². The first-order valence-corrected chi connectivity index (χ1v) is 7.26. The molecule has 0 bridgehead atoms. The van der Waals surface area contributed by atoms with Crippen LogP contribution in [0.2, 0.25) is 0 Å². The largest absolute Gasteiger partial charge is 0.493 e. The molecule has 0 spiro atoms. The quantitative estimate of drug-likeness (QED) is 0.497. The number of amides is 1. The number of hydrogen-bond acceptors (Lipinski definition) is 5. The molecule has 0 aliphatic carbocycles. The molecule has 0 fully saturated rings. The molecular weight excluding hydrogens is 312 g/mol. The van der Waals surface area contributed by atoms with Gasteiger partial charge in [0.05, 0.1) is 17.1 Å². The average Bonchev–Trinajstić information content (AvgIpc) is 2.55. The first-order chi connectivity index (χ1) is 11.4. The van der Waals surface area contributed by atoms with Crippen molar-refractivity contribution in [2.24, 2.45) is 0 Å². The highest BCUT2D eigenvalue weighted by Crippen LogP contribution is 2.25. The highest BCUT2D eigenvalue weighted by Gasteiger charge is 2.18. The van der Waals surface area contributed by atoms with E-state index in [2.05, 4.69) is 5.32 Å². The minimum absolute atomic E-state index is 0.0549. The Balaban J connectivity index is 2.34. The summed E-state index contributed by atoms with van der Waals surface area (Å²) in [5.41, 5.74) is 0.721. The fraction of sp³-hybridized carbons (Fsp3) is 0.176. The number of ketones is 1. The zero-order chi connectivity index (χ0) is 17.7. The highest BCUT2D eigenvalue weighted by molar-refractivity contribution is 6.07. The molecule has 0 aromatic heterocycles. The number of ether oxygens (including phenoxy) is 1. The van der Waals surface area contributed by atoms with Crippen molar-refractivity contribution in [2.45, 2.75) is 13.8 Å². The van der Waals surface area contributed by atoms with E-state index in [1.54, 1.807) is 25.1 Å². The number of rotatable bonds is 6. The summed E-state index contributed by atoms with van der Waals surface area (Å²) in [6.45, 7) is 3.49. The van der Waals surface area contributed by atoms with Crippen LogP contribution < -0.4 is 10.1 Å². The Kier molecular flexibility index (Phi) is 5.26. The maximum absolute atomic E-state index is 12.5. The van der Waals surface area contributed by atoms with Crippen molar-refractivity contribution in [3.05, 3.63) is 63.7 Å². The topological polar surface area (TPSA) is 98.5 Å². The van der Waals surface area contributed by atoms with E-state index in [0.29, 0.717) is 17.9 Å². The van der Waals surface area contributed by atoms with Crippen LogP contribution in [0.25, 0.3) is 0 Å². The molecule has 0 saturated heterocycles. The van der Waals surface area contributed by atoms with Crippen molar-refractivity contribution in [1.82, 2.24) is 0 Å². The van der Waals surface area contributed by atoms with Crippen molar-refractivity contribution in [1.29, 1.82) is 0 Å². The molecule has 2 aromatic carbocycles. The van der Waals surface area contributed by atoms with Crippen LogP contribution in [0.4, 0.5) is 11.4 Å². The normalized spacial score (nSPS) is 10.1. The summed E-state index contributed by atoms with van der Waals surface area (Å²) in [7, 11) is 0. The number of carbonyl (C=O) groups excluding carboxylic acids is 2. The van der Waals surface area contributed by atoms with E-state index in [9.17, 15) is 19.7 Å². The maximum Gasteiger partial charge on any atom is 0.270 e. The molecule has 0 aliphatic heterocycles. The van der Waals surface area contributed by atoms with Gasteiger partial charge in [0.2, 0.25) is 0 Å². The Bertz CT molecular complexity index is 801. The van der Waals surface area contributed by atoms with Gasteiger partial charge < -0.3 is 10.1 Å². The standard InChI is InChI=1S/C17H16N2O5/c1-3-24-16-8-7-14(19(22)23)10-15(16)17(21)18-13-6-4-5-12(9-13)11(2)20/h4-10H,3H2,1-2H3,(H,18,21). The summed E-state index contributed by atoms with van der Waals surface area (Å²) in [5.74, 6) is -0.428. The summed E-state index contributed by atoms with van der Waals surface area (Å²) in [6, 6.07) is 10.3. The molecular formula is C17H16N2O5. The Morgan fingerprint density at radius 3 is 2.58 bits per heavy atom. The number of hydrogen-bond donors (Lipinski definition) is 1. The van der Waals surface area contributed by atoms with Crippen LogP contribution in [0.5, 0.6) is 5.75 Å². The van der Waals surface area contributed by atoms with Crippen molar-refractivity contribution in [3.63, 3.8) is 0 Å². The van der Waals surface area contributed by atoms with E-state index in [4.69, 9.17) is 4.74 Å². The zero-order valence-electron chi connectivity index (χ0n) is 13.2. The third-order valence-corrected chi connectivity index (χ3v) is 3.25. The number of nitro groups is 1. The molecule has 7 nitrogen and oxygen atoms in total. The minimum Gasteiger partial charge on any atom is -0.493 e. The number of nitrogens with zero attached hydrogens (tertiary/aromatic N) is 1. The average molecular weight is 328 g/mol. The third kappa shape index (κ3) is 3.95. The van der Waals surface area contributed by atoms with E-state index in [0.717, 1.165) is 6.07 Å². The first-order valence-electron chi connectivity index (χ1n) is 7.26. The number of nitrogens with one attached hydrogen (secondary N) is 1. The maximum atomic E-state index is 12.5. The Morgan fingerprint density at radius 1 is 1.21 bits per heavy atom. The number of anilines is 1. The Hall–Kier alpha value is -3.22. The van der Waals surface area contributed by atoms with Crippen LogP contribution in [0.1, 0.15) is 34.6 Å². The predicted octanol–water partition coefficient (Wildman–Crippen LogP) is 3.45. The van der Waals surface area contributed by atoms with E-state index in [1.165, 1.54) is 25.1 Å². The third-order valence-electron chi connectivity index (χ3n) is 3.25. The number of non-ortho nitro benzene ring substituents is 1. The van der Waals surface area contributed by atoms with E-state index in [-0.39, 0.29) is 22.8 Å². The summed E-state index contributed by atoms with van der Waals surface area (Å²) in [5, 5.41) is 13.5. The Morgan fingerprint density at radius 2 is 1.96 bits per heavy atom. The van der Waals surface area contributed by atoms with Crippen molar-refractivity contribution < 1.29 is 19.2 Å². The predicted molar refractivity (Wildman–Crippen MR) is 88.7 cm³/mol. The van der Waals surface area contributed by atoms with Gasteiger partial charge in [-0.15, -0.1) is 0 Å². The molecule has 0 heterocycles. The lowest BCUT2D eigenvalue weighted by atomic mass is 10.1. The number of carbonyl (C=O) groups is 2. The van der Waals surface area contributed by atoms with E-state index >= 15 is 0 Å². The van der Waals surface area contributed by atoms with E-state index in [1.807, 2.05) is 0 Å². The molecule has 7 heteroatoms. The van der Waals surface area contributed by atoms with Crippen molar-refractivity contribution in [3.8, 4) is 5.75 Å². The van der Waals surface area contributed by atoms with E-state index < -0.39 is 10.8 Å². The van der Waals surface area contributed by atoms with Gasteiger partial charge in [0.1, 0.15) is 5.75 Å². The van der Waals surface area contributed by atoms with Gasteiger partial charge in [0, 0.05) is 23.4 Å². The minimum atomic E-state index is -0.580. The van der Waals surface area contributed by atoms with Crippen LogP contribution in [-0.4, -0.2) is 23.2 Å². The molecule has 0 radical (unpaired) electrons. The smallest absolute Gasteiger partial charge is 0.270 e. The molecule has 0 aliphatic rings. The fourth-order valence-corrected chi connectivity index (χ4v) is 2.10. The lowest BCUT2D eigenvalue weighted by Gasteiger charge is -2.11. The number of benzene rings is 2. The van der Waals surface area contributed by atoms with Crippen molar-refractivity contribution >= 4 is 23.1 Å². The van der Waals surface area contributed by atoms with Gasteiger partial charge in [0.15, 0.2) is 5.78 Å². The molecule has 0 saturated carbocycles. The van der Waals surface area contributed by atoms with Gasteiger partial charge in [-0.2, -0.15) is 0 Å². The van der Waals surface area contributed by atoms with Gasteiger partial charge in [-0.05, 0) is 32.0 Å². The van der Waals surface area contributed by atoms with Gasteiger partial charge in [0.25, 0.3) is 11.6 Å². The number of nitro benzene ring substituents is 1. The van der Waals surface area contributed by atoms with Crippen LogP contribution in [0.3, 0.4) is 0 Å². The molecule has 24 heavy (non-hydrogen) atoms. The molecule has 0 atom stereocenters. The summed E-state index contributed by atoms with van der Waals surface area (Å²) in [6.07, 6.45) is 0. The SMILES string of the molecule is CCOc1ccc([N+](=O)[O-])cc1C(=O)Nc1cccc(C(C)=O)c1. The Labute approximate surface area is 138 Å². The summed E-state index contributed by atoms with van der Waals surface area (Å²) in [4.78, 5) is 34.2. The summed E-state index contributed by atoms with van der Waals surface area (Å²) < 4.78 is 5.35. The van der Waals surface area contributed by atoms with Gasteiger partial charge in [-0.3, -0.25) is 19.7 Å². The van der Waals surface area contributed by atoms with Gasteiger partial charge in [-0.1, -0.05) is 12.1 Å². The van der Waals surface area contributed by atoms with Crippen LogP contribution in [-0.2, 0) is 0 Å². The molecule has 2 rings (SSSR count). The molecule has 1 N–H and O–H groups in total. The second-order valence-corrected chi connectivity index (χ2v) is 4.96. The monoisotopic (exact) mass is 328 g/mol. The molecule has 124 valence electrons. The van der Waals surface area contributed by atoms with Gasteiger partial charge >= 0.3 is 0 Å². The lowest BCUT2D eigenvalue weighted by Crippen LogP contribution is -2.14. The number of Topliss-reactive ketones (excluding diaryl/α,β-unsaturated/α-hetero) is 1. The molecule has 0 unspecified atom stereocenters. The first kappa shape index (κ1) is 17.1. The van der Waals surface area contributed by atoms with Crippen molar-refractivity contribution in [2.75, 3.05) is 11.9 Å². The second-order valence-electron chi connectivity index (χ2n) is 4.96. The molecule has 2 aromatic rings. The lowest BCUT2D eigenvalue weighted by molar-refractivity contribution is -0.384.